The van der Waals surface area contributed by atoms with Crippen LogP contribution in [-0.2, 0) is 9.84 Å². The fraction of sp³-hybridized carbons (Fsp3) is 0.600. The molecule has 0 amide bonds. The maximum Gasteiger partial charge on any atom is 0.150 e. The first-order valence-electron chi connectivity index (χ1n) is 6.99. The van der Waals surface area contributed by atoms with Crippen molar-refractivity contribution >= 4 is 9.84 Å². The van der Waals surface area contributed by atoms with Gasteiger partial charge in [-0.15, -0.1) is 0 Å². The second kappa shape index (κ2) is 8.33. The van der Waals surface area contributed by atoms with Crippen LogP contribution in [0.4, 0.5) is 0 Å². The SMILES string of the molecule is CCS(=O)(=O)CCCCC(CNC)c1ccccc1. The Hall–Kier alpha value is -0.870. The zero-order chi connectivity index (χ0) is 14.1. The molecule has 108 valence electrons. The monoisotopic (exact) mass is 283 g/mol. The van der Waals surface area contributed by atoms with Crippen molar-refractivity contribution in [3.8, 4) is 0 Å². The largest absolute Gasteiger partial charge is 0.319 e. The lowest BCUT2D eigenvalue weighted by Gasteiger charge is -2.16. The smallest absolute Gasteiger partial charge is 0.150 e. The van der Waals surface area contributed by atoms with Crippen LogP contribution in [0.3, 0.4) is 0 Å². The third-order valence-corrected chi connectivity index (χ3v) is 5.21. The van der Waals surface area contributed by atoms with E-state index in [0.717, 1.165) is 25.8 Å². The Morgan fingerprint density at radius 2 is 1.84 bits per heavy atom. The molecule has 0 saturated heterocycles. The number of nitrogens with one attached hydrogen (secondary N) is 1. The summed E-state index contributed by atoms with van der Waals surface area (Å²) < 4.78 is 22.9. The molecule has 0 heterocycles. The van der Waals surface area contributed by atoms with E-state index in [1.165, 1.54) is 5.56 Å². The van der Waals surface area contributed by atoms with Gasteiger partial charge in [0.05, 0.1) is 5.75 Å². The van der Waals surface area contributed by atoms with E-state index in [9.17, 15) is 8.42 Å². The predicted octanol–water partition coefficient (Wildman–Crippen LogP) is 2.59. The summed E-state index contributed by atoms with van der Waals surface area (Å²) in [7, 11) is -0.854. The summed E-state index contributed by atoms with van der Waals surface area (Å²) in [5, 5.41) is 3.22. The highest BCUT2D eigenvalue weighted by molar-refractivity contribution is 7.91. The number of unbranched alkanes of at least 4 members (excludes halogenated alkanes) is 1. The molecule has 0 fully saturated rings. The van der Waals surface area contributed by atoms with Crippen molar-refractivity contribution in [1.29, 1.82) is 0 Å². The van der Waals surface area contributed by atoms with Gasteiger partial charge in [-0.1, -0.05) is 43.7 Å². The van der Waals surface area contributed by atoms with Crippen LogP contribution in [0.5, 0.6) is 0 Å². The van der Waals surface area contributed by atoms with Crippen LogP contribution in [0.25, 0.3) is 0 Å². The van der Waals surface area contributed by atoms with Gasteiger partial charge in [-0.2, -0.15) is 0 Å². The normalized spacial score (nSPS) is 13.4. The van der Waals surface area contributed by atoms with Gasteiger partial charge in [-0.05, 0) is 31.4 Å². The molecule has 0 aromatic heterocycles. The average molecular weight is 283 g/mol. The maximum atomic E-state index is 11.4. The van der Waals surface area contributed by atoms with Crippen molar-refractivity contribution in [3.05, 3.63) is 35.9 Å². The van der Waals surface area contributed by atoms with Crippen molar-refractivity contribution in [3.63, 3.8) is 0 Å². The molecule has 3 nitrogen and oxygen atoms in total. The molecule has 19 heavy (non-hydrogen) atoms. The first kappa shape index (κ1) is 16.2. The molecule has 0 spiro atoms. The van der Waals surface area contributed by atoms with Gasteiger partial charge >= 0.3 is 0 Å². The van der Waals surface area contributed by atoms with Crippen LogP contribution < -0.4 is 5.32 Å². The Bertz CT molecular complexity index is 442. The van der Waals surface area contributed by atoms with Crippen LogP contribution >= 0.6 is 0 Å². The number of benzene rings is 1. The molecule has 1 unspecified atom stereocenters. The van der Waals surface area contributed by atoms with Gasteiger partial charge in [0.2, 0.25) is 0 Å². The molecule has 1 rings (SSSR count). The van der Waals surface area contributed by atoms with Crippen molar-refractivity contribution in [2.45, 2.75) is 32.1 Å². The number of likely N-dealkylation sites (N-methyl/N-ethyl adjacent to an activating group) is 1. The molecule has 4 heteroatoms. The fourth-order valence-corrected chi connectivity index (χ4v) is 3.15. The van der Waals surface area contributed by atoms with Crippen molar-refractivity contribution in [1.82, 2.24) is 5.32 Å². The Kier molecular flexibility index (Phi) is 7.10. The van der Waals surface area contributed by atoms with Gasteiger partial charge in [-0.25, -0.2) is 8.42 Å². The topological polar surface area (TPSA) is 46.2 Å². The molecule has 0 aliphatic rings. The number of rotatable bonds is 9. The van der Waals surface area contributed by atoms with Crippen LogP contribution in [0.2, 0.25) is 0 Å². The Morgan fingerprint density at radius 3 is 2.42 bits per heavy atom. The summed E-state index contributed by atoms with van der Waals surface area (Å²) >= 11 is 0. The standard InChI is InChI=1S/C15H25NO2S/c1-3-19(17,18)12-8-7-11-15(13-16-2)14-9-5-4-6-10-14/h4-6,9-10,15-16H,3,7-8,11-13H2,1-2H3. The summed E-state index contributed by atoms with van der Waals surface area (Å²) in [5.74, 6) is 1.05. The van der Waals surface area contributed by atoms with E-state index in [4.69, 9.17) is 0 Å². The zero-order valence-corrected chi connectivity index (χ0v) is 12.7. The Labute approximate surface area is 117 Å². The number of sulfone groups is 1. The molecule has 1 N–H and O–H groups in total. The minimum absolute atomic E-state index is 0.256. The summed E-state index contributed by atoms with van der Waals surface area (Å²) in [6.07, 6.45) is 2.76. The third kappa shape index (κ3) is 6.21. The fourth-order valence-electron chi connectivity index (χ4n) is 2.22. The molecule has 0 saturated carbocycles. The molecular formula is C15H25NO2S. The van der Waals surface area contributed by atoms with Crippen LogP contribution in [0, 0.1) is 0 Å². The summed E-state index contributed by atoms with van der Waals surface area (Å²) in [5.41, 5.74) is 1.33. The minimum Gasteiger partial charge on any atom is -0.319 e. The van der Waals surface area contributed by atoms with Crippen LogP contribution in [-0.4, -0.2) is 33.5 Å². The van der Waals surface area contributed by atoms with E-state index in [1.54, 1.807) is 6.92 Å². The lowest BCUT2D eigenvalue weighted by Crippen LogP contribution is -2.17. The van der Waals surface area contributed by atoms with E-state index in [2.05, 4.69) is 29.6 Å². The van der Waals surface area contributed by atoms with Gasteiger partial charge in [0, 0.05) is 12.3 Å². The summed E-state index contributed by atoms with van der Waals surface area (Å²) in [6.45, 7) is 2.65. The molecule has 0 aliphatic carbocycles. The van der Waals surface area contributed by atoms with E-state index in [-0.39, 0.29) is 5.75 Å². The Balaban J connectivity index is 2.43. The van der Waals surface area contributed by atoms with Gasteiger partial charge in [0.1, 0.15) is 9.84 Å². The molecule has 1 atom stereocenters. The molecule has 0 bridgehead atoms. The molecule has 0 aliphatic heterocycles. The Morgan fingerprint density at radius 1 is 1.16 bits per heavy atom. The lowest BCUT2D eigenvalue weighted by atomic mass is 9.93. The van der Waals surface area contributed by atoms with Crippen LogP contribution in [0.15, 0.2) is 30.3 Å². The molecule has 0 radical (unpaired) electrons. The highest BCUT2D eigenvalue weighted by Crippen LogP contribution is 2.21. The van der Waals surface area contributed by atoms with E-state index in [0.29, 0.717) is 11.7 Å². The van der Waals surface area contributed by atoms with Gasteiger partial charge < -0.3 is 5.32 Å². The van der Waals surface area contributed by atoms with Gasteiger partial charge in [-0.3, -0.25) is 0 Å². The van der Waals surface area contributed by atoms with Crippen LogP contribution in [0.1, 0.15) is 37.7 Å². The first-order valence-corrected chi connectivity index (χ1v) is 8.81. The number of hydrogen-bond acceptors (Lipinski definition) is 3. The second-order valence-electron chi connectivity index (χ2n) is 4.90. The zero-order valence-electron chi connectivity index (χ0n) is 11.9. The van der Waals surface area contributed by atoms with E-state index < -0.39 is 9.84 Å². The molecule has 1 aromatic carbocycles. The van der Waals surface area contributed by atoms with Crippen molar-refractivity contribution < 1.29 is 8.42 Å². The van der Waals surface area contributed by atoms with Gasteiger partial charge in [0.25, 0.3) is 0 Å². The third-order valence-electron chi connectivity index (χ3n) is 3.42. The van der Waals surface area contributed by atoms with Crippen molar-refractivity contribution in [2.75, 3.05) is 25.1 Å². The first-order chi connectivity index (χ1) is 9.09. The van der Waals surface area contributed by atoms with E-state index >= 15 is 0 Å². The maximum absolute atomic E-state index is 11.4. The summed E-state index contributed by atoms with van der Waals surface area (Å²) in [4.78, 5) is 0. The quantitative estimate of drug-likeness (QED) is 0.709. The minimum atomic E-state index is -2.81. The molecular weight excluding hydrogens is 258 g/mol. The lowest BCUT2D eigenvalue weighted by molar-refractivity contribution is 0.549. The second-order valence-corrected chi connectivity index (χ2v) is 7.37. The number of hydrogen-bond donors (Lipinski definition) is 1. The van der Waals surface area contributed by atoms with Gasteiger partial charge in [0.15, 0.2) is 0 Å². The van der Waals surface area contributed by atoms with E-state index in [1.807, 2.05) is 13.1 Å². The summed E-state index contributed by atoms with van der Waals surface area (Å²) in [6, 6.07) is 10.4. The predicted molar refractivity (Wildman–Crippen MR) is 81.3 cm³/mol. The average Bonchev–Trinajstić information content (AvgIpc) is 2.43. The molecule has 1 aromatic rings. The van der Waals surface area contributed by atoms with Crippen molar-refractivity contribution in [2.24, 2.45) is 0 Å². The highest BCUT2D eigenvalue weighted by Gasteiger charge is 2.11. The highest BCUT2D eigenvalue weighted by atomic mass is 32.2.